The van der Waals surface area contributed by atoms with Crippen LogP contribution in [-0.2, 0) is 28.5 Å². The molecule has 0 amide bonds. The van der Waals surface area contributed by atoms with E-state index in [2.05, 4.69) is 0 Å². The molecule has 106 valence electrons. The van der Waals surface area contributed by atoms with Gasteiger partial charge in [-0.2, -0.15) is 0 Å². The summed E-state index contributed by atoms with van der Waals surface area (Å²) in [5.74, 6) is -6.38. The second-order valence-corrected chi connectivity index (χ2v) is 4.75. The first-order chi connectivity index (χ1) is 8.78. The van der Waals surface area contributed by atoms with Gasteiger partial charge in [-0.05, 0) is 6.92 Å². The molecule has 2 aliphatic heterocycles. The second kappa shape index (κ2) is 4.21. The van der Waals surface area contributed by atoms with Crippen molar-refractivity contribution < 1.29 is 33.6 Å². The monoisotopic (exact) mass is 272 g/mol. The fourth-order valence-electron chi connectivity index (χ4n) is 2.51. The number of hydrogen-bond acceptors (Lipinski definition) is 7. The minimum Gasteiger partial charge on any atom is -0.494 e. The molecule has 1 N–H and O–H groups in total. The Morgan fingerprint density at radius 1 is 1.47 bits per heavy atom. The predicted octanol–water partition coefficient (Wildman–Crippen LogP) is -0.0662. The number of esters is 2. The van der Waals surface area contributed by atoms with Gasteiger partial charge in [-0.15, -0.1) is 0 Å². The first-order valence-electron chi connectivity index (χ1n) is 5.78. The van der Waals surface area contributed by atoms with Crippen LogP contribution in [0.2, 0.25) is 0 Å². The number of carbonyl (C=O) groups is 2. The Morgan fingerprint density at radius 3 is 2.63 bits per heavy atom. The molecule has 19 heavy (non-hydrogen) atoms. The minimum absolute atomic E-state index is 0.0394. The molecule has 4 atom stereocenters. The molecule has 7 heteroatoms. The number of hydrogen-bond donors (Lipinski definition) is 1. The van der Waals surface area contributed by atoms with Crippen LogP contribution >= 0.6 is 0 Å². The molecule has 0 aromatic rings. The zero-order valence-electron chi connectivity index (χ0n) is 11.1. The van der Waals surface area contributed by atoms with Gasteiger partial charge in [-0.25, -0.2) is 4.79 Å². The van der Waals surface area contributed by atoms with E-state index in [1.54, 1.807) is 6.92 Å². The molecule has 2 aliphatic rings. The lowest BCUT2D eigenvalue weighted by Crippen LogP contribution is -2.44. The Morgan fingerprint density at radius 2 is 2.11 bits per heavy atom. The highest BCUT2D eigenvalue weighted by atomic mass is 16.8. The number of ether oxygens (including phenoxy) is 4. The normalized spacial score (nSPS) is 41.1. The van der Waals surface area contributed by atoms with Crippen LogP contribution in [0.15, 0.2) is 11.8 Å². The number of rotatable bonds is 2. The van der Waals surface area contributed by atoms with Gasteiger partial charge in [-0.1, -0.05) is 6.92 Å². The maximum Gasteiger partial charge on any atom is 0.337 e. The molecular weight excluding hydrogens is 256 g/mol. The Kier molecular flexibility index (Phi) is 3.06. The Bertz CT molecular complexity index is 453. The summed E-state index contributed by atoms with van der Waals surface area (Å²) in [6.07, 6.45) is 1.09. The van der Waals surface area contributed by atoms with E-state index < -0.39 is 35.3 Å². The van der Waals surface area contributed by atoms with Crippen molar-refractivity contribution in [2.75, 3.05) is 14.2 Å². The number of carbonyl (C=O) groups excluding carboxylic acids is 2. The standard InChI is InChI=1S/C12H16O7/c1-6-9(10(14)17-4)12(19-11(6,2)15)7(16-3)5-8(13)18-12/h5-6,9,15H,1-4H3/t6-,9+,11+,12+/m0/s1. The molecule has 0 unspecified atom stereocenters. The summed E-state index contributed by atoms with van der Waals surface area (Å²) in [7, 11) is 2.54. The van der Waals surface area contributed by atoms with Crippen LogP contribution in [0.1, 0.15) is 13.8 Å². The van der Waals surface area contributed by atoms with Crippen molar-refractivity contribution in [1.82, 2.24) is 0 Å². The van der Waals surface area contributed by atoms with Crippen molar-refractivity contribution in [3.63, 3.8) is 0 Å². The fraction of sp³-hybridized carbons (Fsp3) is 0.667. The molecule has 1 fully saturated rings. The Balaban J connectivity index is 2.51. The van der Waals surface area contributed by atoms with Crippen LogP contribution in [0.4, 0.5) is 0 Å². The highest BCUT2D eigenvalue weighted by Crippen LogP contribution is 2.52. The average Bonchev–Trinajstić information content (AvgIpc) is 2.73. The highest BCUT2D eigenvalue weighted by Gasteiger charge is 2.69. The summed E-state index contributed by atoms with van der Waals surface area (Å²) in [6.45, 7) is 3.00. The van der Waals surface area contributed by atoms with Crippen molar-refractivity contribution in [2.45, 2.75) is 25.4 Å². The van der Waals surface area contributed by atoms with Crippen molar-refractivity contribution in [3.05, 3.63) is 11.8 Å². The van der Waals surface area contributed by atoms with Crippen molar-refractivity contribution in [2.24, 2.45) is 11.8 Å². The molecule has 0 aromatic heterocycles. The first-order valence-corrected chi connectivity index (χ1v) is 5.78. The van der Waals surface area contributed by atoms with E-state index in [1.165, 1.54) is 21.1 Å². The van der Waals surface area contributed by atoms with Crippen LogP contribution in [0.25, 0.3) is 0 Å². The topological polar surface area (TPSA) is 91.3 Å². The summed E-state index contributed by atoms with van der Waals surface area (Å²) in [5, 5.41) is 10.2. The van der Waals surface area contributed by atoms with Crippen molar-refractivity contribution in [1.29, 1.82) is 0 Å². The third-order valence-electron chi connectivity index (χ3n) is 3.63. The van der Waals surface area contributed by atoms with Gasteiger partial charge in [0.15, 0.2) is 11.5 Å². The van der Waals surface area contributed by atoms with Gasteiger partial charge in [0.1, 0.15) is 5.92 Å². The third-order valence-corrected chi connectivity index (χ3v) is 3.63. The van der Waals surface area contributed by atoms with Gasteiger partial charge in [0.05, 0.1) is 20.3 Å². The van der Waals surface area contributed by atoms with E-state index in [0.29, 0.717) is 0 Å². The van der Waals surface area contributed by atoms with Crippen LogP contribution < -0.4 is 0 Å². The second-order valence-electron chi connectivity index (χ2n) is 4.75. The summed E-state index contributed by atoms with van der Waals surface area (Å²) in [4.78, 5) is 23.4. The highest BCUT2D eigenvalue weighted by molar-refractivity contribution is 5.88. The van der Waals surface area contributed by atoms with E-state index in [1.807, 2.05) is 0 Å². The minimum atomic E-state index is -1.76. The lowest BCUT2D eigenvalue weighted by Gasteiger charge is -2.29. The smallest absolute Gasteiger partial charge is 0.337 e. The number of aliphatic hydroxyl groups is 1. The Hall–Kier alpha value is -1.60. The lowest BCUT2D eigenvalue weighted by atomic mass is 9.85. The molecule has 2 heterocycles. The van der Waals surface area contributed by atoms with Crippen LogP contribution in [0.3, 0.4) is 0 Å². The summed E-state index contributed by atoms with van der Waals surface area (Å²) in [6, 6.07) is 0. The van der Waals surface area contributed by atoms with E-state index in [9.17, 15) is 14.7 Å². The predicted molar refractivity (Wildman–Crippen MR) is 60.3 cm³/mol. The molecule has 0 aromatic carbocycles. The quantitative estimate of drug-likeness (QED) is 0.704. The molecule has 1 saturated heterocycles. The molecule has 0 aliphatic carbocycles. The van der Waals surface area contributed by atoms with Crippen LogP contribution in [0.5, 0.6) is 0 Å². The molecule has 7 nitrogen and oxygen atoms in total. The van der Waals surface area contributed by atoms with Gasteiger partial charge in [0.25, 0.3) is 5.79 Å². The fourth-order valence-corrected chi connectivity index (χ4v) is 2.51. The molecule has 0 saturated carbocycles. The van der Waals surface area contributed by atoms with E-state index in [-0.39, 0.29) is 5.76 Å². The molecule has 1 spiro atoms. The third kappa shape index (κ3) is 1.81. The number of methoxy groups -OCH3 is 2. The summed E-state index contributed by atoms with van der Waals surface area (Å²) < 4.78 is 20.3. The van der Waals surface area contributed by atoms with Gasteiger partial charge in [0, 0.05) is 5.92 Å². The van der Waals surface area contributed by atoms with E-state index in [0.717, 1.165) is 6.08 Å². The molecule has 0 bridgehead atoms. The summed E-state index contributed by atoms with van der Waals surface area (Å²) >= 11 is 0. The zero-order chi connectivity index (χ0) is 14.4. The maximum absolute atomic E-state index is 12.0. The van der Waals surface area contributed by atoms with Crippen LogP contribution in [0, 0.1) is 11.8 Å². The van der Waals surface area contributed by atoms with Gasteiger partial charge >= 0.3 is 11.9 Å². The van der Waals surface area contributed by atoms with E-state index >= 15 is 0 Å². The molecule has 0 radical (unpaired) electrons. The molecule has 2 rings (SSSR count). The Labute approximate surface area is 110 Å². The molecular formula is C12H16O7. The van der Waals surface area contributed by atoms with Crippen molar-refractivity contribution in [3.8, 4) is 0 Å². The maximum atomic E-state index is 12.0. The van der Waals surface area contributed by atoms with Crippen LogP contribution in [-0.4, -0.2) is 42.8 Å². The van der Waals surface area contributed by atoms with Gasteiger partial charge in [0.2, 0.25) is 0 Å². The zero-order valence-corrected chi connectivity index (χ0v) is 11.1. The summed E-state index contributed by atoms with van der Waals surface area (Å²) in [5.41, 5.74) is 0. The lowest BCUT2D eigenvalue weighted by molar-refractivity contribution is -0.286. The van der Waals surface area contributed by atoms with Crippen molar-refractivity contribution >= 4 is 11.9 Å². The largest absolute Gasteiger partial charge is 0.494 e. The van der Waals surface area contributed by atoms with Gasteiger partial charge < -0.3 is 24.1 Å². The van der Waals surface area contributed by atoms with E-state index in [4.69, 9.17) is 18.9 Å². The first kappa shape index (κ1) is 13.8. The average molecular weight is 272 g/mol. The van der Waals surface area contributed by atoms with Gasteiger partial charge in [-0.3, -0.25) is 4.79 Å². The SMILES string of the molecule is COC(=O)[C@H]1[C@H](C)[C@](C)(O)O[C@@]12OC(=O)C=C2OC.